The molecule has 3 atom stereocenters. The van der Waals surface area contributed by atoms with Crippen LogP contribution in [-0.4, -0.2) is 71.6 Å². The average Bonchev–Trinajstić information content (AvgIpc) is 3.20. The molecule has 0 aliphatic rings. The molecule has 1 aromatic heterocycles. The molecule has 2 rings (SSSR count). The average molecular weight is 556 g/mol. The topological polar surface area (TPSA) is 116 Å². The molecule has 0 aliphatic carbocycles. The Morgan fingerprint density at radius 1 is 1.05 bits per heavy atom. The van der Waals surface area contributed by atoms with Crippen molar-refractivity contribution in [3.63, 3.8) is 0 Å². The standard InChI is InChI=1S/C31H49N5O4/c1-18(2)23(15-19(3)29(39)40)36(12)28(38)26(30(4,5)6)34-27(37)25(33-10)31(7,8)22-17-35(11)24-16-20(32-9)13-14-21(22)24/h13-18,23,25-26,32-33H,1-12H3,(H,34,37)(H,39,40)/b19-15+/t23-,25?,26-/m1/s1. The van der Waals surface area contributed by atoms with Gasteiger partial charge in [-0.05, 0) is 43.0 Å². The third-order valence-corrected chi connectivity index (χ3v) is 7.88. The predicted octanol–water partition coefficient (Wildman–Crippen LogP) is 4.13. The molecule has 1 aromatic carbocycles. The van der Waals surface area contributed by atoms with Crippen molar-refractivity contribution in [2.24, 2.45) is 18.4 Å². The molecule has 2 aromatic rings. The van der Waals surface area contributed by atoms with E-state index in [1.54, 1.807) is 25.1 Å². The minimum atomic E-state index is -1.03. The van der Waals surface area contributed by atoms with E-state index in [9.17, 15) is 19.5 Å². The van der Waals surface area contributed by atoms with Crippen LogP contribution in [-0.2, 0) is 26.8 Å². The predicted molar refractivity (Wildman–Crippen MR) is 163 cm³/mol. The maximum atomic E-state index is 13.9. The highest BCUT2D eigenvalue weighted by molar-refractivity contribution is 5.93. The minimum Gasteiger partial charge on any atom is -0.478 e. The van der Waals surface area contributed by atoms with Crippen molar-refractivity contribution in [1.82, 2.24) is 20.1 Å². The van der Waals surface area contributed by atoms with Gasteiger partial charge in [-0.3, -0.25) is 9.59 Å². The first-order valence-electron chi connectivity index (χ1n) is 13.8. The highest BCUT2D eigenvalue weighted by Crippen LogP contribution is 2.36. The van der Waals surface area contributed by atoms with Crippen LogP contribution in [0.4, 0.5) is 5.69 Å². The lowest BCUT2D eigenvalue weighted by molar-refractivity contribution is -0.141. The lowest BCUT2D eigenvalue weighted by atomic mass is 9.76. The van der Waals surface area contributed by atoms with Crippen LogP contribution in [0.25, 0.3) is 10.9 Å². The van der Waals surface area contributed by atoms with E-state index in [1.165, 1.54) is 6.92 Å². The van der Waals surface area contributed by atoms with Crippen LogP contribution >= 0.6 is 0 Å². The number of hydrogen-bond acceptors (Lipinski definition) is 5. The normalized spacial score (nSPS) is 15.1. The van der Waals surface area contributed by atoms with Crippen LogP contribution in [0, 0.1) is 11.3 Å². The van der Waals surface area contributed by atoms with Crippen molar-refractivity contribution in [2.45, 2.75) is 78.9 Å². The molecule has 9 heteroatoms. The van der Waals surface area contributed by atoms with Gasteiger partial charge in [-0.2, -0.15) is 0 Å². The summed E-state index contributed by atoms with van der Waals surface area (Å²) < 4.78 is 2.06. The molecule has 0 fully saturated rings. The van der Waals surface area contributed by atoms with Gasteiger partial charge in [0.15, 0.2) is 0 Å². The fourth-order valence-electron chi connectivity index (χ4n) is 5.33. The smallest absolute Gasteiger partial charge is 0.331 e. The fraction of sp³-hybridized carbons (Fsp3) is 0.581. The number of carbonyl (C=O) groups excluding carboxylic acids is 2. The molecule has 1 unspecified atom stereocenters. The Morgan fingerprint density at radius 2 is 1.65 bits per heavy atom. The summed E-state index contributed by atoms with van der Waals surface area (Å²) in [5.41, 5.74) is 2.03. The van der Waals surface area contributed by atoms with Gasteiger partial charge in [-0.25, -0.2) is 4.79 Å². The fourth-order valence-corrected chi connectivity index (χ4v) is 5.33. The number of anilines is 1. The number of rotatable bonds is 11. The number of hydrogen-bond donors (Lipinski definition) is 4. The lowest BCUT2D eigenvalue weighted by Crippen LogP contribution is -2.61. The minimum absolute atomic E-state index is 0.0293. The quantitative estimate of drug-likeness (QED) is 0.310. The first-order valence-corrected chi connectivity index (χ1v) is 13.8. The molecule has 0 radical (unpaired) electrons. The number of aromatic nitrogens is 1. The molecule has 0 bridgehead atoms. The van der Waals surface area contributed by atoms with E-state index < -0.39 is 34.9 Å². The van der Waals surface area contributed by atoms with Gasteiger partial charge < -0.3 is 30.5 Å². The number of likely N-dealkylation sites (N-methyl/N-ethyl adjacent to an activating group) is 2. The maximum absolute atomic E-state index is 13.9. The van der Waals surface area contributed by atoms with Crippen molar-refractivity contribution in [1.29, 1.82) is 0 Å². The summed E-state index contributed by atoms with van der Waals surface area (Å²) in [4.78, 5) is 40.9. The van der Waals surface area contributed by atoms with Crippen LogP contribution in [0.5, 0.6) is 0 Å². The zero-order valence-electron chi connectivity index (χ0n) is 26.3. The molecule has 2 amide bonds. The van der Waals surface area contributed by atoms with Crippen molar-refractivity contribution in [3.05, 3.63) is 41.6 Å². The van der Waals surface area contributed by atoms with E-state index in [1.807, 2.05) is 68.6 Å². The van der Waals surface area contributed by atoms with Crippen LogP contribution in [0.15, 0.2) is 36.0 Å². The van der Waals surface area contributed by atoms with Crippen LogP contribution in [0.2, 0.25) is 0 Å². The van der Waals surface area contributed by atoms with Crippen molar-refractivity contribution < 1.29 is 19.5 Å². The molecule has 40 heavy (non-hydrogen) atoms. The summed E-state index contributed by atoms with van der Waals surface area (Å²) in [5, 5.41) is 19.9. The van der Waals surface area contributed by atoms with Gasteiger partial charge in [0.2, 0.25) is 11.8 Å². The van der Waals surface area contributed by atoms with Crippen molar-refractivity contribution >= 4 is 34.4 Å². The molecule has 4 N–H and O–H groups in total. The summed E-state index contributed by atoms with van der Waals surface area (Å²) in [7, 11) is 7.29. The molecule has 9 nitrogen and oxygen atoms in total. The monoisotopic (exact) mass is 555 g/mol. The molecular formula is C31H49N5O4. The van der Waals surface area contributed by atoms with Crippen LogP contribution < -0.4 is 16.0 Å². The highest BCUT2D eigenvalue weighted by atomic mass is 16.4. The first-order chi connectivity index (χ1) is 18.4. The van der Waals surface area contributed by atoms with Gasteiger partial charge in [0.05, 0.1) is 17.6 Å². The highest BCUT2D eigenvalue weighted by Gasteiger charge is 2.42. The number of nitrogens with zero attached hydrogens (tertiary/aromatic N) is 2. The maximum Gasteiger partial charge on any atom is 0.331 e. The number of aliphatic carboxylic acids is 1. The molecule has 222 valence electrons. The van der Waals surface area contributed by atoms with Crippen LogP contribution in [0.3, 0.4) is 0 Å². The second-order valence-corrected chi connectivity index (χ2v) is 12.7. The number of amides is 2. The van der Waals surface area contributed by atoms with Crippen molar-refractivity contribution in [2.75, 3.05) is 26.5 Å². The second kappa shape index (κ2) is 12.5. The largest absolute Gasteiger partial charge is 0.478 e. The van der Waals surface area contributed by atoms with Gasteiger partial charge in [-0.15, -0.1) is 0 Å². The van der Waals surface area contributed by atoms with E-state index in [2.05, 4.69) is 38.8 Å². The number of carboxylic acids is 1. The Hall–Kier alpha value is -3.33. The van der Waals surface area contributed by atoms with Crippen molar-refractivity contribution in [3.8, 4) is 0 Å². The number of carboxylic acid groups (broad SMARTS) is 1. The molecule has 0 aliphatic heterocycles. The van der Waals surface area contributed by atoms with Gasteiger partial charge in [0.25, 0.3) is 0 Å². The molecular weight excluding hydrogens is 506 g/mol. The van der Waals surface area contributed by atoms with E-state index in [0.29, 0.717) is 0 Å². The molecule has 1 heterocycles. The van der Waals surface area contributed by atoms with E-state index in [-0.39, 0.29) is 23.3 Å². The summed E-state index contributed by atoms with van der Waals surface area (Å²) in [6.07, 6.45) is 3.66. The summed E-state index contributed by atoms with van der Waals surface area (Å²) in [5.74, 6) is -1.61. The van der Waals surface area contributed by atoms with Gasteiger partial charge in [-0.1, -0.05) is 60.6 Å². The van der Waals surface area contributed by atoms with Gasteiger partial charge >= 0.3 is 5.97 Å². The summed E-state index contributed by atoms with van der Waals surface area (Å²) in [6.45, 7) is 15.2. The zero-order valence-corrected chi connectivity index (χ0v) is 26.3. The van der Waals surface area contributed by atoms with E-state index in [4.69, 9.17) is 0 Å². The number of aryl methyl sites for hydroxylation is 1. The Kier molecular flexibility index (Phi) is 10.2. The Balaban J connectivity index is 2.46. The lowest BCUT2D eigenvalue weighted by Gasteiger charge is -2.39. The third kappa shape index (κ3) is 6.86. The molecule has 0 saturated carbocycles. The SMILES string of the molecule is CNc1ccc2c(C(C)(C)C(NC)C(=O)N[C@H](C(=O)N(C)[C@H](/C=C(\C)C(=O)O)C(C)C)C(C)(C)C)cn(C)c2c1. The second-order valence-electron chi connectivity index (χ2n) is 12.7. The summed E-state index contributed by atoms with van der Waals surface area (Å²) >= 11 is 0. The molecule has 0 spiro atoms. The Labute approximate surface area is 239 Å². The summed E-state index contributed by atoms with van der Waals surface area (Å²) in [6, 6.07) is 4.26. The number of carbonyl (C=O) groups is 3. The van der Waals surface area contributed by atoms with E-state index in [0.717, 1.165) is 22.2 Å². The third-order valence-electron chi connectivity index (χ3n) is 7.88. The Bertz CT molecular complexity index is 1270. The number of benzene rings is 1. The van der Waals surface area contributed by atoms with E-state index >= 15 is 0 Å². The first kappa shape index (κ1) is 32.9. The number of fused-ring (bicyclic) bond motifs is 1. The number of nitrogens with one attached hydrogen (secondary N) is 3. The Morgan fingerprint density at radius 3 is 2.12 bits per heavy atom. The zero-order chi connectivity index (χ0) is 30.7. The molecule has 0 saturated heterocycles. The van der Waals surface area contributed by atoms with Gasteiger partial charge in [0.1, 0.15) is 6.04 Å². The van der Waals surface area contributed by atoms with Gasteiger partial charge in [0, 0.05) is 49.4 Å². The van der Waals surface area contributed by atoms with Crippen LogP contribution in [0.1, 0.15) is 61.0 Å².